The van der Waals surface area contributed by atoms with Crippen molar-refractivity contribution in [3.63, 3.8) is 0 Å². The van der Waals surface area contributed by atoms with Crippen molar-refractivity contribution >= 4 is 0 Å². The number of allylic oxidation sites excluding steroid dienone is 1. The molecule has 2 unspecified atom stereocenters. The molecular formula is C14H26O. The molecule has 15 heavy (non-hydrogen) atoms. The molecule has 0 aromatic rings. The van der Waals surface area contributed by atoms with E-state index in [1.165, 1.54) is 0 Å². The van der Waals surface area contributed by atoms with E-state index in [-0.39, 0.29) is 0 Å². The summed E-state index contributed by atoms with van der Waals surface area (Å²) in [6.45, 7) is 11.2. The number of hydrogen-bond acceptors (Lipinski definition) is 1. The second kappa shape index (κ2) is 4.29. The lowest BCUT2D eigenvalue weighted by Gasteiger charge is -2.37. The van der Waals surface area contributed by atoms with Gasteiger partial charge in [-0.2, -0.15) is 0 Å². The maximum absolute atomic E-state index is 10.3. The molecule has 0 amide bonds. The highest BCUT2D eigenvalue weighted by atomic mass is 16.3. The summed E-state index contributed by atoms with van der Waals surface area (Å²) in [6.07, 6.45) is 7.20. The van der Waals surface area contributed by atoms with Crippen LogP contribution in [0.4, 0.5) is 0 Å². The van der Waals surface area contributed by atoms with E-state index in [0.29, 0.717) is 17.3 Å². The molecule has 1 rings (SSSR count). The van der Waals surface area contributed by atoms with Crippen LogP contribution in [-0.4, -0.2) is 10.7 Å². The summed E-state index contributed by atoms with van der Waals surface area (Å²) in [5.41, 5.74) is -0.203. The third kappa shape index (κ3) is 3.64. The molecule has 2 atom stereocenters. The molecule has 0 aliphatic heterocycles. The van der Waals surface area contributed by atoms with Crippen LogP contribution in [0, 0.1) is 17.3 Å². The Kier molecular flexibility index (Phi) is 3.65. The molecule has 0 aromatic carbocycles. The van der Waals surface area contributed by atoms with Crippen molar-refractivity contribution in [1.29, 1.82) is 0 Å². The molecule has 0 radical (unpaired) electrons. The first-order valence-electron chi connectivity index (χ1n) is 6.15. The molecule has 1 aliphatic carbocycles. The van der Waals surface area contributed by atoms with E-state index in [4.69, 9.17) is 0 Å². The van der Waals surface area contributed by atoms with Crippen molar-refractivity contribution in [2.75, 3.05) is 0 Å². The fourth-order valence-corrected chi connectivity index (χ4v) is 2.48. The van der Waals surface area contributed by atoms with E-state index >= 15 is 0 Å². The fraction of sp³-hybridized carbons (Fsp3) is 0.857. The summed E-state index contributed by atoms with van der Waals surface area (Å²) in [6, 6.07) is 0. The molecule has 1 nitrogen and oxygen atoms in total. The maximum atomic E-state index is 10.3. The quantitative estimate of drug-likeness (QED) is 0.688. The van der Waals surface area contributed by atoms with E-state index in [9.17, 15) is 5.11 Å². The van der Waals surface area contributed by atoms with Crippen LogP contribution in [-0.2, 0) is 0 Å². The Morgan fingerprint density at radius 3 is 2.33 bits per heavy atom. The van der Waals surface area contributed by atoms with E-state index in [2.05, 4.69) is 40.7 Å². The van der Waals surface area contributed by atoms with Crippen LogP contribution < -0.4 is 0 Å². The molecule has 0 aromatic heterocycles. The largest absolute Gasteiger partial charge is 0.386 e. The normalized spacial score (nSPS) is 32.3. The second-order valence-electron chi connectivity index (χ2n) is 6.57. The van der Waals surface area contributed by atoms with Gasteiger partial charge in [0.1, 0.15) is 0 Å². The lowest BCUT2D eigenvalue weighted by molar-refractivity contribution is 0.0399. The van der Waals surface area contributed by atoms with E-state index in [1.54, 1.807) is 0 Å². The van der Waals surface area contributed by atoms with Gasteiger partial charge in [-0.3, -0.25) is 0 Å². The first kappa shape index (κ1) is 12.8. The van der Waals surface area contributed by atoms with Crippen LogP contribution >= 0.6 is 0 Å². The molecule has 88 valence electrons. The van der Waals surface area contributed by atoms with Gasteiger partial charge < -0.3 is 5.11 Å². The minimum Gasteiger partial charge on any atom is -0.386 e. The van der Waals surface area contributed by atoms with Crippen LogP contribution in [0.1, 0.15) is 53.9 Å². The Morgan fingerprint density at radius 2 is 2.00 bits per heavy atom. The van der Waals surface area contributed by atoms with Crippen molar-refractivity contribution in [2.45, 2.75) is 59.5 Å². The zero-order chi connectivity index (χ0) is 11.7. The van der Waals surface area contributed by atoms with Crippen LogP contribution in [0.2, 0.25) is 0 Å². The van der Waals surface area contributed by atoms with Crippen LogP contribution in [0.15, 0.2) is 12.2 Å². The monoisotopic (exact) mass is 210 g/mol. The van der Waals surface area contributed by atoms with Gasteiger partial charge in [0.25, 0.3) is 0 Å². The number of hydrogen-bond donors (Lipinski definition) is 1. The summed E-state index contributed by atoms with van der Waals surface area (Å²) in [4.78, 5) is 0. The topological polar surface area (TPSA) is 20.2 Å². The Morgan fingerprint density at radius 1 is 1.40 bits per heavy atom. The number of aliphatic hydroxyl groups is 1. The molecule has 1 N–H and O–H groups in total. The highest BCUT2D eigenvalue weighted by Gasteiger charge is 2.33. The lowest BCUT2D eigenvalue weighted by atomic mass is 9.71. The predicted molar refractivity (Wildman–Crippen MR) is 65.7 cm³/mol. The van der Waals surface area contributed by atoms with E-state index < -0.39 is 5.60 Å². The van der Waals surface area contributed by atoms with Crippen molar-refractivity contribution in [2.24, 2.45) is 17.3 Å². The molecule has 1 heteroatoms. The second-order valence-corrected chi connectivity index (χ2v) is 6.57. The van der Waals surface area contributed by atoms with Gasteiger partial charge in [-0.15, -0.1) is 0 Å². The Labute approximate surface area is 94.6 Å². The lowest BCUT2D eigenvalue weighted by Crippen LogP contribution is -2.34. The smallest absolute Gasteiger partial charge is 0.0830 e. The third-order valence-corrected chi connectivity index (χ3v) is 3.40. The SMILES string of the molecule is CC(C)CC1(O)C=CC(C(C)(C)C)CC1. The maximum Gasteiger partial charge on any atom is 0.0830 e. The first-order valence-corrected chi connectivity index (χ1v) is 6.15. The van der Waals surface area contributed by atoms with Gasteiger partial charge >= 0.3 is 0 Å². The minimum absolute atomic E-state index is 0.329. The molecule has 1 aliphatic rings. The Hall–Kier alpha value is -0.300. The fourth-order valence-electron chi connectivity index (χ4n) is 2.48. The standard InChI is InChI=1S/C14H26O/c1-11(2)10-14(15)8-6-12(7-9-14)13(3,4)5/h6,8,11-12,15H,7,9-10H2,1-5H3. The van der Waals surface area contributed by atoms with Crippen molar-refractivity contribution in [3.8, 4) is 0 Å². The van der Waals surface area contributed by atoms with Gasteiger partial charge in [0.15, 0.2) is 0 Å². The van der Waals surface area contributed by atoms with Crippen molar-refractivity contribution in [1.82, 2.24) is 0 Å². The molecular weight excluding hydrogens is 184 g/mol. The average Bonchev–Trinajstić information content (AvgIpc) is 2.00. The summed E-state index contributed by atoms with van der Waals surface area (Å²) >= 11 is 0. The number of rotatable bonds is 2. The first-order chi connectivity index (χ1) is 6.73. The summed E-state index contributed by atoms with van der Waals surface area (Å²) < 4.78 is 0. The minimum atomic E-state index is -0.532. The van der Waals surface area contributed by atoms with Gasteiger partial charge in [-0.1, -0.05) is 46.8 Å². The van der Waals surface area contributed by atoms with E-state index in [1.807, 2.05) is 6.08 Å². The average molecular weight is 210 g/mol. The van der Waals surface area contributed by atoms with E-state index in [0.717, 1.165) is 19.3 Å². The zero-order valence-electron chi connectivity index (χ0n) is 10.9. The highest BCUT2D eigenvalue weighted by Crippen LogP contribution is 2.38. The summed E-state index contributed by atoms with van der Waals surface area (Å²) in [5, 5.41) is 10.3. The van der Waals surface area contributed by atoms with Crippen molar-refractivity contribution < 1.29 is 5.11 Å². The highest BCUT2D eigenvalue weighted by molar-refractivity contribution is 5.10. The Bertz CT molecular complexity index is 234. The van der Waals surface area contributed by atoms with Gasteiger partial charge in [0.05, 0.1) is 5.60 Å². The van der Waals surface area contributed by atoms with Gasteiger partial charge in [-0.05, 0) is 36.5 Å². The van der Waals surface area contributed by atoms with Crippen molar-refractivity contribution in [3.05, 3.63) is 12.2 Å². The molecule has 0 bridgehead atoms. The molecule has 0 heterocycles. The van der Waals surface area contributed by atoms with Gasteiger partial charge in [0, 0.05) is 0 Å². The van der Waals surface area contributed by atoms with Gasteiger partial charge in [-0.25, -0.2) is 0 Å². The Balaban J connectivity index is 2.65. The zero-order valence-corrected chi connectivity index (χ0v) is 10.9. The molecule has 0 saturated carbocycles. The van der Waals surface area contributed by atoms with Crippen LogP contribution in [0.25, 0.3) is 0 Å². The summed E-state index contributed by atoms with van der Waals surface area (Å²) in [7, 11) is 0. The molecule has 0 saturated heterocycles. The van der Waals surface area contributed by atoms with Gasteiger partial charge in [0.2, 0.25) is 0 Å². The van der Waals surface area contributed by atoms with Crippen LogP contribution in [0.3, 0.4) is 0 Å². The summed E-state index contributed by atoms with van der Waals surface area (Å²) in [5.74, 6) is 1.18. The predicted octanol–water partition coefficient (Wildman–Crippen LogP) is 3.78. The van der Waals surface area contributed by atoms with Crippen LogP contribution in [0.5, 0.6) is 0 Å². The molecule has 0 spiro atoms. The third-order valence-electron chi connectivity index (χ3n) is 3.40. The molecule has 0 fully saturated rings.